The van der Waals surface area contributed by atoms with E-state index in [2.05, 4.69) is 63.1 Å². The topological polar surface area (TPSA) is 81.6 Å². The Morgan fingerprint density at radius 1 is 1.02 bits per heavy atom. The van der Waals surface area contributed by atoms with Gasteiger partial charge in [0.05, 0.1) is 36.7 Å². The zero-order valence-electron chi connectivity index (χ0n) is 24.6. The minimum absolute atomic E-state index is 0.278. The van der Waals surface area contributed by atoms with Crippen LogP contribution in [-0.4, -0.2) is 59.5 Å². The molecule has 1 aliphatic heterocycles. The molecule has 6 rings (SSSR count). The molecule has 5 aromatic rings. The number of ether oxygens (including phenoxy) is 3. The maximum atomic E-state index is 13.6. The van der Waals surface area contributed by atoms with Crippen molar-refractivity contribution in [2.75, 3.05) is 33.9 Å². The van der Waals surface area contributed by atoms with Crippen molar-refractivity contribution in [2.45, 2.75) is 45.9 Å². The lowest BCUT2D eigenvalue weighted by molar-refractivity contribution is 0.0512. The van der Waals surface area contributed by atoms with Crippen LogP contribution in [-0.2, 0) is 35.6 Å². The fourth-order valence-corrected chi connectivity index (χ4v) is 6.29. The molecule has 0 amide bonds. The highest BCUT2D eigenvalue weighted by Gasteiger charge is 2.28. The van der Waals surface area contributed by atoms with Crippen LogP contribution in [0.5, 0.6) is 5.75 Å². The Kier molecular flexibility index (Phi) is 8.26. The van der Waals surface area contributed by atoms with E-state index in [1.807, 2.05) is 31.2 Å². The van der Waals surface area contributed by atoms with E-state index in [0.717, 1.165) is 81.4 Å². The second kappa shape index (κ2) is 12.4. The maximum absolute atomic E-state index is 13.6. The standard InChI is InChI=1S/C34H38N4O4/c1-4-41-34(39)33-26(16-9-20-42-30-17-7-12-23-11-5-6-13-24(23)30)25-14-8-15-27-31-28(35-36-29(31)22-40-3)21-37(2)18-10-19-38(33)32(25)27/h5-8,11-15,17H,4,9-10,16,18-22H2,1-3H3,(H,35,36). The van der Waals surface area contributed by atoms with Crippen LogP contribution in [0.3, 0.4) is 0 Å². The number of methoxy groups -OCH3 is 1. The van der Waals surface area contributed by atoms with Crippen LogP contribution in [0, 0.1) is 0 Å². The van der Waals surface area contributed by atoms with Gasteiger partial charge in [-0.1, -0.05) is 54.6 Å². The number of H-pyrrole nitrogens is 1. The van der Waals surface area contributed by atoms with E-state index in [-0.39, 0.29) is 5.97 Å². The molecular weight excluding hydrogens is 528 g/mol. The summed E-state index contributed by atoms with van der Waals surface area (Å²) in [6, 6.07) is 20.7. The van der Waals surface area contributed by atoms with E-state index in [0.29, 0.717) is 38.5 Å². The van der Waals surface area contributed by atoms with Crippen molar-refractivity contribution < 1.29 is 19.0 Å². The summed E-state index contributed by atoms with van der Waals surface area (Å²) in [6.07, 6.45) is 2.35. The minimum atomic E-state index is -0.278. The number of fused-ring (bicyclic) bond motifs is 3. The summed E-state index contributed by atoms with van der Waals surface area (Å²) in [5.74, 6) is 0.601. The van der Waals surface area contributed by atoms with Crippen molar-refractivity contribution >= 4 is 27.6 Å². The summed E-state index contributed by atoms with van der Waals surface area (Å²) < 4.78 is 19.7. The average molecular weight is 567 g/mol. The van der Waals surface area contributed by atoms with Gasteiger partial charge in [-0.2, -0.15) is 5.10 Å². The Labute approximate surface area is 246 Å². The van der Waals surface area contributed by atoms with E-state index < -0.39 is 0 Å². The lowest BCUT2D eigenvalue weighted by Gasteiger charge is -2.21. The van der Waals surface area contributed by atoms with Crippen molar-refractivity contribution in [2.24, 2.45) is 0 Å². The lowest BCUT2D eigenvalue weighted by Crippen LogP contribution is -2.23. The average Bonchev–Trinajstić information content (AvgIpc) is 3.53. The van der Waals surface area contributed by atoms with Crippen LogP contribution >= 0.6 is 0 Å². The number of hydrogen-bond acceptors (Lipinski definition) is 6. The summed E-state index contributed by atoms with van der Waals surface area (Å²) in [5, 5.41) is 11.2. The third kappa shape index (κ3) is 5.28. The summed E-state index contributed by atoms with van der Waals surface area (Å²) in [7, 11) is 3.81. The monoisotopic (exact) mass is 566 g/mol. The number of rotatable bonds is 9. The molecule has 3 heterocycles. The molecule has 218 valence electrons. The number of aryl methyl sites for hydroxylation is 2. The summed E-state index contributed by atoms with van der Waals surface area (Å²) >= 11 is 0. The van der Waals surface area contributed by atoms with Crippen LogP contribution in [0.4, 0.5) is 0 Å². The molecule has 42 heavy (non-hydrogen) atoms. The molecule has 1 aliphatic rings. The van der Waals surface area contributed by atoms with Crippen LogP contribution in [0.1, 0.15) is 47.2 Å². The Morgan fingerprint density at radius 2 is 1.83 bits per heavy atom. The fraction of sp³-hybridized carbons (Fsp3) is 0.353. The van der Waals surface area contributed by atoms with E-state index in [1.54, 1.807) is 7.11 Å². The molecule has 8 nitrogen and oxygen atoms in total. The predicted molar refractivity (Wildman–Crippen MR) is 165 cm³/mol. The van der Waals surface area contributed by atoms with Crippen LogP contribution in [0.2, 0.25) is 0 Å². The van der Waals surface area contributed by atoms with Crippen molar-refractivity contribution in [3.8, 4) is 16.9 Å². The largest absolute Gasteiger partial charge is 0.493 e. The van der Waals surface area contributed by atoms with Crippen molar-refractivity contribution in [3.63, 3.8) is 0 Å². The Morgan fingerprint density at radius 3 is 2.69 bits per heavy atom. The molecule has 0 saturated heterocycles. The number of benzene rings is 3. The quantitative estimate of drug-likeness (QED) is 0.165. The van der Waals surface area contributed by atoms with E-state index in [9.17, 15) is 4.79 Å². The highest BCUT2D eigenvalue weighted by Crippen LogP contribution is 2.39. The molecule has 0 fully saturated rings. The van der Waals surface area contributed by atoms with Gasteiger partial charge < -0.3 is 23.7 Å². The smallest absolute Gasteiger partial charge is 0.355 e. The molecule has 1 N–H and O–H groups in total. The van der Waals surface area contributed by atoms with E-state index in [1.165, 1.54) is 0 Å². The van der Waals surface area contributed by atoms with Gasteiger partial charge in [-0.15, -0.1) is 0 Å². The lowest BCUT2D eigenvalue weighted by atomic mass is 9.97. The number of para-hydroxylation sites is 1. The molecule has 0 radical (unpaired) electrons. The summed E-state index contributed by atoms with van der Waals surface area (Å²) in [4.78, 5) is 15.9. The van der Waals surface area contributed by atoms with Gasteiger partial charge in [-0.3, -0.25) is 5.10 Å². The molecule has 0 atom stereocenters. The molecule has 8 heteroatoms. The van der Waals surface area contributed by atoms with Crippen LogP contribution in [0.15, 0.2) is 60.7 Å². The predicted octanol–water partition coefficient (Wildman–Crippen LogP) is 6.35. The van der Waals surface area contributed by atoms with Gasteiger partial charge >= 0.3 is 5.97 Å². The minimum Gasteiger partial charge on any atom is -0.493 e. The van der Waals surface area contributed by atoms with E-state index >= 15 is 0 Å². The van der Waals surface area contributed by atoms with Gasteiger partial charge in [0.15, 0.2) is 0 Å². The van der Waals surface area contributed by atoms with Gasteiger partial charge in [-0.25, -0.2) is 4.79 Å². The maximum Gasteiger partial charge on any atom is 0.355 e. The first-order valence-corrected chi connectivity index (χ1v) is 14.8. The fourth-order valence-electron chi connectivity index (χ4n) is 6.29. The second-order valence-electron chi connectivity index (χ2n) is 10.9. The van der Waals surface area contributed by atoms with Crippen LogP contribution < -0.4 is 4.74 Å². The Hall–Kier alpha value is -4.14. The SMILES string of the molecule is CCOC(=O)c1c(CCCOc2cccc3ccccc23)c2cccc3c2n1CCCN(C)Cc1[nH]nc(COC)c1-3. The third-order valence-corrected chi connectivity index (χ3v) is 8.05. The number of nitrogens with zero attached hydrogens (tertiary/aromatic N) is 3. The number of carbonyl (C=O) groups excluding carboxylic acids is 1. The summed E-state index contributed by atoms with van der Waals surface area (Å²) in [6.45, 7) is 5.47. The van der Waals surface area contributed by atoms with Crippen molar-refractivity contribution in [1.82, 2.24) is 19.7 Å². The molecular formula is C34H38N4O4. The molecule has 3 aromatic carbocycles. The zero-order valence-corrected chi connectivity index (χ0v) is 24.6. The first-order valence-electron chi connectivity index (χ1n) is 14.8. The number of hydrogen-bond donors (Lipinski definition) is 1. The first-order chi connectivity index (χ1) is 20.6. The normalized spacial score (nSPS) is 13.8. The van der Waals surface area contributed by atoms with Gasteiger partial charge in [0, 0.05) is 42.1 Å². The first kappa shape index (κ1) is 28.0. The Bertz CT molecular complexity index is 1710. The molecule has 0 aliphatic carbocycles. The third-order valence-electron chi connectivity index (χ3n) is 8.05. The molecule has 0 saturated carbocycles. The summed E-state index contributed by atoms with van der Waals surface area (Å²) in [5.41, 5.74) is 6.73. The number of esters is 1. The highest BCUT2D eigenvalue weighted by molar-refractivity contribution is 6.05. The number of aromatic amines is 1. The van der Waals surface area contributed by atoms with Crippen LogP contribution in [0.25, 0.3) is 32.8 Å². The van der Waals surface area contributed by atoms with Gasteiger partial charge in [0.1, 0.15) is 11.4 Å². The number of nitrogens with one attached hydrogen (secondary N) is 1. The molecule has 2 aromatic heterocycles. The van der Waals surface area contributed by atoms with Gasteiger partial charge in [0.2, 0.25) is 0 Å². The van der Waals surface area contributed by atoms with Gasteiger partial charge in [-0.05, 0) is 56.8 Å². The number of carbonyl (C=O) groups is 1. The highest BCUT2D eigenvalue weighted by atomic mass is 16.5. The van der Waals surface area contributed by atoms with Crippen molar-refractivity contribution in [1.29, 1.82) is 0 Å². The van der Waals surface area contributed by atoms with Crippen molar-refractivity contribution in [3.05, 3.63) is 83.3 Å². The Balaban J connectivity index is 1.42. The van der Waals surface area contributed by atoms with E-state index in [4.69, 9.17) is 14.2 Å². The molecule has 0 spiro atoms. The van der Waals surface area contributed by atoms with Gasteiger partial charge in [0.25, 0.3) is 0 Å². The number of aromatic nitrogens is 3. The zero-order chi connectivity index (χ0) is 29.1. The second-order valence-corrected chi connectivity index (χ2v) is 10.9. The molecule has 0 unspecified atom stereocenters. The molecule has 0 bridgehead atoms.